The Kier molecular flexibility index (Phi) is 7.80. The SMILES string of the molecule is COc1ccc(C(O)=C2C(=O)C(=O)N(c3nnc(SCc4cccc5ccccc45)s3)C2c2cccc([N+](=O)[O-])c2)cc1F. The van der Waals surface area contributed by atoms with Crippen molar-refractivity contribution in [3.05, 3.63) is 123 Å². The lowest BCUT2D eigenvalue weighted by Gasteiger charge is -2.22. The van der Waals surface area contributed by atoms with E-state index in [1.165, 1.54) is 55.3 Å². The molecule has 1 aromatic heterocycles. The molecule has 1 unspecified atom stereocenters. The van der Waals surface area contributed by atoms with Crippen LogP contribution in [-0.4, -0.2) is 39.0 Å². The molecule has 1 atom stereocenters. The van der Waals surface area contributed by atoms with Crippen LogP contribution >= 0.6 is 23.1 Å². The predicted octanol–water partition coefficient (Wildman–Crippen LogP) is 6.67. The van der Waals surface area contributed by atoms with E-state index >= 15 is 0 Å². The molecule has 0 saturated carbocycles. The van der Waals surface area contributed by atoms with Gasteiger partial charge in [-0.05, 0) is 40.1 Å². The minimum atomic E-state index is -1.30. The number of aliphatic hydroxyl groups is 1. The van der Waals surface area contributed by atoms with Gasteiger partial charge in [0.25, 0.3) is 11.5 Å². The van der Waals surface area contributed by atoms with Gasteiger partial charge in [0.1, 0.15) is 5.76 Å². The summed E-state index contributed by atoms with van der Waals surface area (Å²) in [6, 6.07) is 21.7. The second-order valence-electron chi connectivity index (χ2n) is 9.65. The van der Waals surface area contributed by atoms with Crippen molar-refractivity contribution in [2.75, 3.05) is 12.0 Å². The monoisotopic (exact) mass is 628 g/mol. The number of aromatic nitrogens is 2. The van der Waals surface area contributed by atoms with E-state index in [0.717, 1.165) is 38.6 Å². The van der Waals surface area contributed by atoms with Crippen LogP contribution in [0.3, 0.4) is 0 Å². The highest BCUT2D eigenvalue weighted by Crippen LogP contribution is 2.45. The van der Waals surface area contributed by atoms with Gasteiger partial charge in [0, 0.05) is 23.4 Å². The summed E-state index contributed by atoms with van der Waals surface area (Å²) in [4.78, 5) is 39.0. The van der Waals surface area contributed by atoms with Gasteiger partial charge in [0.2, 0.25) is 5.13 Å². The number of hydrogen-bond acceptors (Lipinski definition) is 10. The van der Waals surface area contributed by atoms with Crippen molar-refractivity contribution in [2.45, 2.75) is 16.1 Å². The van der Waals surface area contributed by atoms with Gasteiger partial charge in [0.15, 0.2) is 15.9 Å². The Morgan fingerprint density at radius 1 is 1.07 bits per heavy atom. The number of nitro groups is 1. The first-order valence-electron chi connectivity index (χ1n) is 13.1. The number of rotatable bonds is 8. The molecule has 1 aliphatic heterocycles. The number of thioether (sulfide) groups is 1. The normalized spacial score (nSPS) is 16.0. The maximum atomic E-state index is 14.5. The van der Waals surface area contributed by atoms with Crippen LogP contribution in [-0.2, 0) is 15.3 Å². The van der Waals surface area contributed by atoms with E-state index in [1.54, 1.807) is 0 Å². The molecular formula is C31H21FN4O6S2. The van der Waals surface area contributed by atoms with Crippen LogP contribution in [0, 0.1) is 15.9 Å². The summed E-state index contributed by atoms with van der Waals surface area (Å²) in [6.07, 6.45) is 0. The Balaban J connectivity index is 1.40. The first-order chi connectivity index (χ1) is 21.3. The molecule has 1 N–H and O–H groups in total. The summed E-state index contributed by atoms with van der Waals surface area (Å²) in [5.41, 5.74) is 0.510. The zero-order valence-corrected chi connectivity index (χ0v) is 24.5. The number of carbonyl (C=O) groups is 2. The Bertz CT molecular complexity index is 1990. The molecule has 0 radical (unpaired) electrons. The van der Waals surface area contributed by atoms with Crippen LogP contribution in [0.1, 0.15) is 22.7 Å². The maximum absolute atomic E-state index is 14.5. The van der Waals surface area contributed by atoms with Gasteiger partial charge in [-0.1, -0.05) is 77.7 Å². The predicted molar refractivity (Wildman–Crippen MR) is 164 cm³/mol. The van der Waals surface area contributed by atoms with Crippen molar-refractivity contribution < 1.29 is 28.7 Å². The zero-order chi connectivity index (χ0) is 31.0. The number of ketones is 1. The van der Waals surface area contributed by atoms with Crippen molar-refractivity contribution in [1.29, 1.82) is 0 Å². The van der Waals surface area contributed by atoms with Crippen LogP contribution in [0.4, 0.5) is 15.2 Å². The van der Waals surface area contributed by atoms with E-state index in [9.17, 15) is 29.2 Å². The molecule has 6 rings (SSSR count). The summed E-state index contributed by atoms with van der Waals surface area (Å²) in [6.45, 7) is 0. The van der Waals surface area contributed by atoms with Crippen LogP contribution in [0.2, 0.25) is 0 Å². The van der Waals surface area contributed by atoms with Crippen molar-refractivity contribution in [1.82, 2.24) is 10.2 Å². The quantitative estimate of drug-likeness (QED) is 0.0380. The van der Waals surface area contributed by atoms with E-state index in [0.29, 0.717) is 10.1 Å². The maximum Gasteiger partial charge on any atom is 0.301 e. The second-order valence-corrected chi connectivity index (χ2v) is 11.8. The van der Waals surface area contributed by atoms with Gasteiger partial charge in [0.05, 0.1) is 23.6 Å². The summed E-state index contributed by atoms with van der Waals surface area (Å²) >= 11 is 2.47. The molecule has 1 amide bonds. The molecule has 44 heavy (non-hydrogen) atoms. The van der Waals surface area contributed by atoms with Gasteiger partial charge >= 0.3 is 5.91 Å². The molecule has 5 aromatic rings. The highest BCUT2D eigenvalue weighted by atomic mass is 32.2. The van der Waals surface area contributed by atoms with Crippen molar-refractivity contribution in [2.24, 2.45) is 0 Å². The molecule has 10 nitrogen and oxygen atoms in total. The number of methoxy groups -OCH3 is 1. The summed E-state index contributed by atoms with van der Waals surface area (Å²) in [5, 5.41) is 33.5. The lowest BCUT2D eigenvalue weighted by Crippen LogP contribution is -2.29. The highest BCUT2D eigenvalue weighted by Gasteiger charge is 2.48. The average Bonchev–Trinajstić information content (AvgIpc) is 3.61. The number of anilines is 1. The molecular weight excluding hydrogens is 607 g/mol. The second kappa shape index (κ2) is 11.9. The van der Waals surface area contributed by atoms with E-state index in [2.05, 4.69) is 10.2 Å². The third-order valence-corrected chi connectivity index (χ3v) is 9.20. The number of Topliss-reactive ketones (excluding diaryl/α,β-unsaturated/α-hetero) is 1. The number of fused-ring (bicyclic) bond motifs is 1. The fraction of sp³-hybridized carbons (Fsp3) is 0.0968. The minimum absolute atomic E-state index is 0.0592. The van der Waals surface area contributed by atoms with Crippen molar-refractivity contribution in [3.8, 4) is 5.75 Å². The van der Waals surface area contributed by atoms with Gasteiger partial charge in [-0.15, -0.1) is 10.2 Å². The Labute approximate surface area is 257 Å². The first-order valence-corrected chi connectivity index (χ1v) is 14.9. The fourth-order valence-electron chi connectivity index (χ4n) is 5.04. The van der Waals surface area contributed by atoms with Crippen LogP contribution in [0.15, 0.2) is 94.8 Å². The van der Waals surface area contributed by atoms with E-state index in [1.807, 2.05) is 42.5 Å². The Morgan fingerprint density at radius 3 is 2.61 bits per heavy atom. The van der Waals surface area contributed by atoms with Gasteiger partial charge in [-0.25, -0.2) is 4.39 Å². The number of nitrogens with zero attached hydrogens (tertiary/aromatic N) is 4. The van der Waals surface area contributed by atoms with E-state index < -0.39 is 34.2 Å². The molecule has 2 heterocycles. The molecule has 13 heteroatoms. The molecule has 0 aliphatic carbocycles. The van der Waals surface area contributed by atoms with Crippen molar-refractivity contribution >= 4 is 62.1 Å². The molecule has 220 valence electrons. The number of nitro benzene ring substituents is 1. The van der Waals surface area contributed by atoms with E-state index in [4.69, 9.17) is 4.74 Å². The van der Waals surface area contributed by atoms with Crippen LogP contribution < -0.4 is 9.64 Å². The summed E-state index contributed by atoms with van der Waals surface area (Å²) in [5.74, 6) is -3.05. The highest BCUT2D eigenvalue weighted by molar-refractivity contribution is 8.00. The molecule has 1 saturated heterocycles. The lowest BCUT2D eigenvalue weighted by atomic mass is 9.95. The third kappa shape index (κ3) is 5.27. The van der Waals surface area contributed by atoms with Gasteiger partial charge < -0.3 is 9.84 Å². The number of amides is 1. The fourth-order valence-corrected chi connectivity index (χ4v) is 6.91. The standard InChI is InChI=1S/C31H21FN4O6S2/c1-42-24-13-12-19(15-23(24)32)27(37)25-26(18-8-5-10-21(14-18)36(40)41)35(29(39)28(25)38)30-33-34-31(44-30)43-16-20-9-4-7-17-6-2-3-11-22(17)20/h2-15,26,37H,16H2,1H3. The molecule has 0 spiro atoms. The van der Waals surface area contributed by atoms with Gasteiger partial charge in [-0.3, -0.25) is 24.6 Å². The van der Waals surface area contributed by atoms with Crippen molar-refractivity contribution in [3.63, 3.8) is 0 Å². The minimum Gasteiger partial charge on any atom is -0.507 e. The average molecular weight is 629 g/mol. The smallest absolute Gasteiger partial charge is 0.301 e. The topological polar surface area (TPSA) is 136 Å². The lowest BCUT2D eigenvalue weighted by molar-refractivity contribution is -0.384. The van der Waals surface area contributed by atoms with E-state index in [-0.39, 0.29) is 33.3 Å². The Hall–Kier alpha value is -5.14. The number of halogens is 1. The largest absolute Gasteiger partial charge is 0.507 e. The Morgan fingerprint density at radius 2 is 1.84 bits per heavy atom. The molecule has 1 fully saturated rings. The number of hydrogen-bond donors (Lipinski definition) is 1. The van der Waals surface area contributed by atoms with Crippen LogP contribution in [0.5, 0.6) is 5.75 Å². The number of non-ortho nitro benzene ring substituents is 1. The number of benzene rings is 4. The van der Waals surface area contributed by atoms with Crippen LogP contribution in [0.25, 0.3) is 16.5 Å². The summed E-state index contributed by atoms with van der Waals surface area (Å²) in [7, 11) is 1.28. The van der Waals surface area contributed by atoms with Gasteiger partial charge in [-0.2, -0.15) is 0 Å². The zero-order valence-electron chi connectivity index (χ0n) is 22.8. The third-order valence-electron chi connectivity index (χ3n) is 7.10. The number of ether oxygens (including phenoxy) is 1. The first kappa shape index (κ1) is 29.0. The number of aliphatic hydroxyl groups excluding tert-OH is 1. The molecule has 4 aromatic carbocycles. The molecule has 0 bridgehead atoms. The summed E-state index contributed by atoms with van der Waals surface area (Å²) < 4.78 is 20.0. The molecule has 1 aliphatic rings. The number of carbonyl (C=O) groups excluding carboxylic acids is 2.